The quantitative estimate of drug-likeness (QED) is 0.296. The number of piperidine rings is 2. The summed E-state index contributed by atoms with van der Waals surface area (Å²) < 4.78 is 0. The molecule has 0 N–H and O–H groups in total. The van der Waals surface area contributed by atoms with Crippen molar-refractivity contribution in [3.8, 4) is 11.1 Å². The summed E-state index contributed by atoms with van der Waals surface area (Å²) in [5, 5.41) is 0.0269. The summed E-state index contributed by atoms with van der Waals surface area (Å²) in [6.07, 6.45) is 7.60. The number of thioether (sulfide) groups is 2. The van der Waals surface area contributed by atoms with Crippen LogP contribution in [0.4, 0.5) is 0 Å². The molecule has 2 aromatic rings. The monoisotopic (exact) mass is 594 g/mol. The molecule has 0 amide bonds. The molecule has 206 valence electrons. The van der Waals surface area contributed by atoms with Crippen LogP contribution in [0.1, 0.15) is 75.2 Å². The number of hydrogen-bond acceptors (Lipinski definition) is 7. The van der Waals surface area contributed by atoms with Gasteiger partial charge in [0.2, 0.25) is 10.2 Å². The van der Waals surface area contributed by atoms with Gasteiger partial charge in [-0.1, -0.05) is 48.5 Å². The first-order chi connectivity index (χ1) is 17.6. The lowest BCUT2D eigenvalue weighted by molar-refractivity contribution is 0.104. The highest BCUT2D eigenvalue weighted by molar-refractivity contribution is 8.14. The highest BCUT2D eigenvalue weighted by atomic mass is 35.5. The smallest absolute Gasteiger partial charge is 0.219 e. The van der Waals surface area contributed by atoms with Crippen LogP contribution in [0.5, 0.6) is 0 Å². The fraction of sp³-hybridized carbons (Fsp3) is 0.483. The van der Waals surface area contributed by atoms with Gasteiger partial charge in [-0.2, -0.15) is 0 Å². The summed E-state index contributed by atoms with van der Waals surface area (Å²) in [7, 11) is 0. The van der Waals surface area contributed by atoms with Gasteiger partial charge in [-0.05, 0) is 87.3 Å². The number of carbonyl (C=O) groups is 3. The van der Waals surface area contributed by atoms with Crippen molar-refractivity contribution < 1.29 is 14.4 Å². The minimum atomic E-state index is -0.0964. The topological polar surface area (TPSA) is 57.7 Å². The summed E-state index contributed by atoms with van der Waals surface area (Å²) in [4.78, 5) is 43.7. The number of fused-ring (bicyclic) bond motifs is 3. The van der Waals surface area contributed by atoms with Crippen molar-refractivity contribution in [2.45, 2.75) is 38.5 Å². The second-order valence-electron chi connectivity index (χ2n) is 9.93. The Hall–Kier alpha value is -1.35. The van der Waals surface area contributed by atoms with E-state index in [0.29, 0.717) is 22.3 Å². The van der Waals surface area contributed by atoms with Gasteiger partial charge in [0.05, 0.1) is 0 Å². The first-order valence-corrected chi connectivity index (χ1v) is 15.2. The van der Waals surface area contributed by atoms with Crippen LogP contribution in [0.2, 0.25) is 0 Å². The molecule has 38 heavy (non-hydrogen) atoms. The van der Waals surface area contributed by atoms with Gasteiger partial charge >= 0.3 is 0 Å². The Labute approximate surface area is 246 Å². The predicted molar refractivity (Wildman–Crippen MR) is 164 cm³/mol. The van der Waals surface area contributed by atoms with Crippen LogP contribution in [0.3, 0.4) is 0 Å². The lowest BCUT2D eigenvalue weighted by atomic mass is 10.0. The van der Waals surface area contributed by atoms with Gasteiger partial charge in [-0.15, -0.1) is 24.8 Å². The van der Waals surface area contributed by atoms with E-state index in [2.05, 4.69) is 9.80 Å². The van der Waals surface area contributed by atoms with Crippen LogP contribution >= 0.6 is 48.3 Å². The molecule has 0 spiro atoms. The van der Waals surface area contributed by atoms with E-state index < -0.39 is 0 Å². The number of carbonyl (C=O) groups excluding carboxylic acids is 3. The zero-order valence-electron chi connectivity index (χ0n) is 21.6. The molecular formula is C29H36Cl2N2O3S2. The average molecular weight is 596 g/mol. The van der Waals surface area contributed by atoms with Crippen LogP contribution in [-0.4, -0.2) is 76.6 Å². The lowest BCUT2D eigenvalue weighted by Gasteiger charge is -2.25. The molecule has 5 nitrogen and oxygen atoms in total. The zero-order valence-corrected chi connectivity index (χ0v) is 24.9. The molecule has 5 rings (SSSR count). The normalized spacial score (nSPS) is 17.2. The number of halogens is 2. The van der Waals surface area contributed by atoms with Gasteiger partial charge in [-0.3, -0.25) is 14.4 Å². The standard InChI is InChI=1S/C29H34N2O3S2.2ClH/c32-27-25-19-21(28(33)35-17-15-30-11-3-1-4-12-30)7-9-23(25)24-10-8-22(20-26(24)27)29(34)36-18-16-31-13-5-2-6-14-31;;/h7-10,19-20H,1-6,11-18H2;2*1H. The van der Waals surface area contributed by atoms with E-state index in [-0.39, 0.29) is 40.8 Å². The predicted octanol–water partition coefficient (Wildman–Crippen LogP) is 6.46. The molecule has 0 radical (unpaired) electrons. The lowest BCUT2D eigenvalue weighted by Crippen LogP contribution is -2.31. The molecule has 0 bridgehead atoms. The highest BCUT2D eigenvalue weighted by Gasteiger charge is 2.28. The van der Waals surface area contributed by atoms with Gasteiger partial charge in [-0.25, -0.2) is 0 Å². The number of benzene rings is 2. The molecule has 2 heterocycles. The molecule has 2 aliphatic heterocycles. The molecule has 9 heteroatoms. The fourth-order valence-corrected chi connectivity index (χ4v) is 7.06. The average Bonchev–Trinajstić information content (AvgIpc) is 3.20. The van der Waals surface area contributed by atoms with Crippen LogP contribution in [-0.2, 0) is 0 Å². The minimum absolute atomic E-state index is 0. The molecule has 0 atom stereocenters. The third-order valence-electron chi connectivity index (χ3n) is 7.47. The third-order valence-corrected chi connectivity index (χ3v) is 9.24. The van der Waals surface area contributed by atoms with E-state index in [0.717, 1.165) is 61.9 Å². The van der Waals surface area contributed by atoms with E-state index in [1.807, 2.05) is 24.3 Å². The summed E-state index contributed by atoms with van der Waals surface area (Å²) in [6.45, 7) is 6.37. The molecule has 0 saturated carbocycles. The van der Waals surface area contributed by atoms with Crippen molar-refractivity contribution in [2.24, 2.45) is 0 Å². The van der Waals surface area contributed by atoms with Crippen LogP contribution in [0.25, 0.3) is 11.1 Å². The van der Waals surface area contributed by atoms with Gasteiger partial charge in [0.1, 0.15) is 0 Å². The number of rotatable bonds is 8. The molecule has 0 aromatic heterocycles. The van der Waals surface area contributed by atoms with E-state index >= 15 is 0 Å². The van der Waals surface area contributed by atoms with Crippen molar-refractivity contribution in [3.63, 3.8) is 0 Å². The summed E-state index contributed by atoms with van der Waals surface area (Å²) in [5.41, 5.74) is 3.97. The van der Waals surface area contributed by atoms with Crippen LogP contribution < -0.4 is 0 Å². The van der Waals surface area contributed by atoms with Crippen molar-refractivity contribution in [1.82, 2.24) is 9.80 Å². The van der Waals surface area contributed by atoms with E-state index in [9.17, 15) is 14.4 Å². The van der Waals surface area contributed by atoms with E-state index in [1.54, 1.807) is 12.1 Å². The summed E-state index contributed by atoms with van der Waals surface area (Å²) in [5.74, 6) is 1.44. The molecule has 0 unspecified atom stereocenters. The molecule has 3 aliphatic rings. The first-order valence-electron chi connectivity index (χ1n) is 13.2. The SMILES string of the molecule is Cl.Cl.O=C(SCCN1CCCCC1)c1ccc2c(c1)C(=O)c1cc(C(=O)SCCN3CCCCC3)ccc1-2. The van der Waals surface area contributed by atoms with Gasteiger partial charge in [0.15, 0.2) is 5.78 Å². The fourth-order valence-electron chi connectivity index (χ4n) is 5.40. The minimum Gasteiger partial charge on any atom is -0.303 e. The van der Waals surface area contributed by atoms with Crippen LogP contribution in [0, 0.1) is 0 Å². The Bertz CT molecular complexity index is 1060. The Morgan fingerprint density at radius 1 is 0.605 bits per heavy atom. The second kappa shape index (κ2) is 14.9. The Balaban J connectivity index is 0.00000200. The molecule has 1 aliphatic carbocycles. The van der Waals surface area contributed by atoms with Crippen molar-refractivity contribution in [2.75, 3.05) is 50.8 Å². The molecule has 2 saturated heterocycles. The largest absolute Gasteiger partial charge is 0.303 e. The Morgan fingerprint density at radius 2 is 1.00 bits per heavy atom. The first kappa shape index (κ1) is 31.2. The number of ketones is 1. The van der Waals surface area contributed by atoms with E-state index in [1.165, 1.54) is 62.0 Å². The van der Waals surface area contributed by atoms with Crippen molar-refractivity contribution in [3.05, 3.63) is 58.7 Å². The van der Waals surface area contributed by atoms with Crippen LogP contribution in [0.15, 0.2) is 36.4 Å². The third kappa shape index (κ3) is 7.43. The van der Waals surface area contributed by atoms with E-state index in [4.69, 9.17) is 0 Å². The number of nitrogens with zero attached hydrogens (tertiary/aromatic N) is 2. The molecule has 2 fully saturated rings. The Kier molecular flexibility index (Phi) is 12.2. The highest BCUT2D eigenvalue weighted by Crippen LogP contribution is 2.38. The second-order valence-corrected chi connectivity index (χ2v) is 12.1. The maximum atomic E-state index is 13.2. The Morgan fingerprint density at radius 3 is 1.39 bits per heavy atom. The maximum absolute atomic E-state index is 13.2. The summed E-state index contributed by atoms with van der Waals surface area (Å²) in [6, 6.07) is 10.9. The number of likely N-dealkylation sites (tertiary alicyclic amines) is 2. The number of hydrogen-bond donors (Lipinski definition) is 0. The van der Waals surface area contributed by atoms with Crippen molar-refractivity contribution in [1.29, 1.82) is 0 Å². The molecule has 2 aromatic carbocycles. The van der Waals surface area contributed by atoms with Gasteiger partial charge in [0, 0.05) is 46.8 Å². The molecular weight excluding hydrogens is 559 g/mol. The van der Waals surface area contributed by atoms with Gasteiger partial charge in [0.25, 0.3) is 0 Å². The van der Waals surface area contributed by atoms with Gasteiger partial charge < -0.3 is 9.80 Å². The summed E-state index contributed by atoms with van der Waals surface area (Å²) >= 11 is 2.67. The van der Waals surface area contributed by atoms with Crippen molar-refractivity contribution >= 4 is 64.4 Å². The maximum Gasteiger partial charge on any atom is 0.219 e. The zero-order chi connectivity index (χ0) is 24.9.